The van der Waals surface area contributed by atoms with Crippen molar-refractivity contribution >= 4 is 5.82 Å². The molecule has 1 heterocycles. The number of pyridine rings is 1. The molecule has 1 rings (SSSR count). The van der Waals surface area contributed by atoms with Crippen LogP contribution in [0.1, 0.15) is 40.2 Å². The van der Waals surface area contributed by atoms with E-state index in [1.807, 2.05) is 6.20 Å². The largest absolute Gasteiger partial charge is 0.359 e. The van der Waals surface area contributed by atoms with Crippen LogP contribution in [0.3, 0.4) is 0 Å². The van der Waals surface area contributed by atoms with Crippen molar-refractivity contribution in [2.75, 3.05) is 18.5 Å². The van der Waals surface area contributed by atoms with E-state index >= 15 is 0 Å². The standard InChI is InChI=1S/C15H27N3/c1-12(2)11-18(6)14-9-13(7-8-16-14)10-17-15(3,4)5/h7-9,12,17H,10-11H2,1-6H3. The van der Waals surface area contributed by atoms with Crippen molar-refractivity contribution in [2.45, 2.75) is 46.7 Å². The highest BCUT2D eigenvalue weighted by Crippen LogP contribution is 2.13. The minimum absolute atomic E-state index is 0.146. The van der Waals surface area contributed by atoms with Gasteiger partial charge in [-0.2, -0.15) is 0 Å². The maximum absolute atomic E-state index is 4.43. The molecule has 0 fully saturated rings. The van der Waals surface area contributed by atoms with Gasteiger partial charge in [-0.15, -0.1) is 0 Å². The van der Waals surface area contributed by atoms with E-state index in [1.165, 1.54) is 5.56 Å². The van der Waals surface area contributed by atoms with Gasteiger partial charge in [0.2, 0.25) is 0 Å². The Morgan fingerprint density at radius 2 is 2.00 bits per heavy atom. The molecule has 3 heteroatoms. The molecule has 3 nitrogen and oxygen atoms in total. The normalized spacial score (nSPS) is 11.9. The van der Waals surface area contributed by atoms with Gasteiger partial charge in [0.15, 0.2) is 0 Å². The van der Waals surface area contributed by atoms with Crippen LogP contribution in [0.5, 0.6) is 0 Å². The molecule has 0 aromatic carbocycles. The molecule has 0 aliphatic rings. The molecule has 0 aliphatic heterocycles. The minimum Gasteiger partial charge on any atom is -0.359 e. The van der Waals surface area contributed by atoms with Gasteiger partial charge in [-0.3, -0.25) is 0 Å². The van der Waals surface area contributed by atoms with Crippen molar-refractivity contribution in [3.63, 3.8) is 0 Å². The fourth-order valence-corrected chi connectivity index (χ4v) is 1.79. The van der Waals surface area contributed by atoms with Crippen LogP contribution >= 0.6 is 0 Å². The van der Waals surface area contributed by atoms with E-state index in [1.54, 1.807) is 0 Å². The van der Waals surface area contributed by atoms with Gasteiger partial charge in [-0.25, -0.2) is 4.98 Å². The van der Waals surface area contributed by atoms with Gasteiger partial charge < -0.3 is 10.2 Å². The first kappa shape index (κ1) is 15.0. The third-order valence-electron chi connectivity index (χ3n) is 2.66. The van der Waals surface area contributed by atoms with Crippen molar-refractivity contribution < 1.29 is 0 Å². The van der Waals surface area contributed by atoms with Crippen LogP contribution in [-0.2, 0) is 6.54 Å². The van der Waals surface area contributed by atoms with Crippen LogP contribution in [0.15, 0.2) is 18.3 Å². The van der Waals surface area contributed by atoms with Crippen molar-refractivity contribution in [1.29, 1.82) is 0 Å². The zero-order valence-corrected chi connectivity index (χ0v) is 12.6. The van der Waals surface area contributed by atoms with E-state index in [0.29, 0.717) is 5.92 Å². The fraction of sp³-hybridized carbons (Fsp3) is 0.667. The summed E-state index contributed by atoms with van der Waals surface area (Å²) in [7, 11) is 2.10. The number of anilines is 1. The smallest absolute Gasteiger partial charge is 0.128 e. The quantitative estimate of drug-likeness (QED) is 0.869. The first-order valence-electron chi connectivity index (χ1n) is 6.69. The van der Waals surface area contributed by atoms with Crippen LogP contribution in [0.25, 0.3) is 0 Å². The maximum Gasteiger partial charge on any atom is 0.128 e. The molecular formula is C15H27N3. The predicted molar refractivity (Wildman–Crippen MR) is 78.9 cm³/mol. The summed E-state index contributed by atoms with van der Waals surface area (Å²) < 4.78 is 0. The Hall–Kier alpha value is -1.09. The molecule has 0 spiro atoms. The first-order valence-corrected chi connectivity index (χ1v) is 6.69. The number of nitrogens with one attached hydrogen (secondary N) is 1. The van der Waals surface area contributed by atoms with Gasteiger partial charge in [0.05, 0.1) is 0 Å². The van der Waals surface area contributed by atoms with Crippen molar-refractivity contribution in [3.8, 4) is 0 Å². The highest BCUT2D eigenvalue weighted by atomic mass is 15.2. The number of aromatic nitrogens is 1. The van der Waals surface area contributed by atoms with Crippen molar-refractivity contribution in [2.24, 2.45) is 5.92 Å². The number of rotatable bonds is 5. The van der Waals surface area contributed by atoms with Crippen LogP contribution < -0.4 is 10.2 Å². The van der Waals surface area contributed by atoms with E-state index < -0.39 is 0 Å². The number of nitrogens with zero attached hydrogens (tertiary/aromatic N) is 2. The summed E-state index contributed by atoms with van der Waals surface area (Å²) in [6.07, 6.45) is 1.89. The maximum atomic E-state index is 4.43. The van der Waals surface area contributed by atoms with Gasteiger partial charge in [0, 0.05) is 31.9 Å². The molecule has 0 bridgehead atoms. The third-order valence-corrected chi connectivity index (χ3v) is 2.66. The molecular weight excluding hydrogens is 222 g/mol. The zero-order valence-electron chi connectivity index (χ0n) is 12.6. The van der Waals surface area contributed by atoms with Crippen molar-refractivity contribution in [3.05, 3.63) is 23.9 Å². The Labute approximate surface area is 112 Å². The Balaban J connectivity index is 2.67. The lowest BCUT2D eigenvalue weighted by molar-refractivity contribution is 0.424. The molecule has 0 saturated carbocycles. The molecule has 0 radical (unpaired) electrons. The van der Waals surface area contributed by atoms with E-state index in [0.717, 1.165) is 18.9 Å². The SMILES string of the molecule is CC(C)CN(C)c1cc(CNC(C)(C)C)ccn1. The average Bonchev–Trinajstić information content (AvgIpc) is 2.25. The summed E-state index contributed by atoms with van der Waals surface area (Å²) in [5.74, 6) is 1.70. The van der Waals surface area contributed by atoms with Gasteiger partial charge in [0.1, 0.15) is 5.82 Å². The summed E-state index contributed by atoms with van der Waals surface area (Å²) in [6.45, 7) is 12.9. The molecule has 0 amide bonds. The van der Waals surface area contributed by atoms with E-state index in [9.17, 15) is 0 Å². The molecule has 18 heavy (non-hydrogen) atoms. The lowest BCUT2D eigenvalue weighted by Gasteiger charge is -2.23. The third kappa shape index (κ3) is 5.50. The first-order chi connectivity index (χ1) is 8.28. The van der Waals surface area contributed by atoms with Gasteiger partial charge in [-0.05, 0) is 44.4 Å². The Bertz CT molecular complexity index is 366. The Morgan fingerprint density at radius 3 is 2.56 bits per heavy atom. The topological polar surface area (TPSA) is 28.2 Å². The van der Waals surface area contributed by atoms with E-state index in [-0.39, 0.29) is 5.54 Å². The molecule has 1 aromatic rings. The summed E-state index contributed by atoms with van der Waals surface area (Å²) in [5, 5.41) is 3.50. The van der Waals surface area contributed by atoms with Crippen molar-refractivity contribution in [1.82, 2.24) is 10.3 Å². The van der Waals surface area contributed by atoms with Crippen LogP contribution in [0.4, 0.5) is 5.82 Å². The molecule has 0 atom stereocenters. The summed E-state index contributed by atoms with van der Waals surface area (Å²) in [4.78, 5) is 6.65. The zero-order chi connectivity index (χ0) is 13.8. The molecule has 0 saturated heterocycles. The van der Waals surface area contributed by atoms with Gasteiger partial charge in [-0.1, -0.05) is 13.8 Å². The van der Waals surface area contributed by atoms with E-state index in [2.05, 4.69) is 69.0 Å². The predicted octanol–water partition coefficient (Wildman–Crippen LogP) is 3.06. The monoisotopic (exact) mass is 249 g/mol. The highest BCUT2D eigenvalue weighted by Gasteiger charge is 2.10. The van der Waals surface area contributed by atoms with Crippen LogP contribution in [0, 0.1) is 5.92 Å². The molecule has 0 unspecified atom stereocenters. The van der Waals surface area contributed by atoms with Crippen LogP contribution in [-0.4, -0.2) is 24.1 Å². The second kappa shape index (κ2) is 6.19. The molecule has 0 aliphatic carbocycles. The minimum atomic E-state index is 0.146. The summed E-state index contributed by atoms with van der Waals surface area (Å²) in [5.41, 5.74) is 1.43. The highest BCUT2D eigenvalue weighted by molar-refractivity contribution is 5.40. The molecule has 102 valence electrons. The summed E-state index contributed by atoms with van der Waals surface area (Å²) >= 11 is 0. The second-order valence-electron chi connectivity index (χ2n) is 6.40. The molecule has 1 N–H and O–H groups in total. The van der Waals surface area contributed by atoms with Crippen LogP contribution in [0.2, 0.25) is 0 Å². The number of hydrogen-bond acceptors (Lipinski definition) is 3. The average molecular weight is 249 g/mol. The summed E-state index contributed by atoms with van der Waals surface area (Å²) in [6, 6.07) is 4.24. The Kier molecular flexibility index (Phi) is 5.15. The lowest BCUT2D eigenvalue weighted by Crippen LogP contribution is -2.35. The van der Waals surface area contributed by atoms with E-state index in [4.69, 9.17) is 0 Å². The fourth-order valence-electron chi connectivity index (χ4n) is 1.79. The number of hydrogen-bond donors (Lipinski definition) is 1. The second-order valence-corrected chi connectivity index (χ2v) is 6.40. The molecule has 1 aromatic heterocycles. The Morgan fingerprint density at radius 1 is 1.33 bits per heavy atom. The lowest BCUT2D eigenvalue weighted by atomic mass is 10.1. The van der Waals surface area contributed by atoms with Gasteiger partial charge >= 0.3 is 0 Å². The van der Waals surface area contributed by atoms with Gasteiger partial charge in [0.25, 0.3) is 0 Å².